The lowest BCUT2D eigenvalue weighted by Gasteiger charge is -2.06. The van der Waals surface area contributed by atoms with Crippen LogP contribution < -0.4 is 0 Å². The standard InChI is InChI=1S/C37H44N4O4/c1-10-24-19(3)28-17-31-25(11-2)21(5)36(40-31)23(7)37-22(6)27(13-15-35(43)45-9)33(41-37)18-32-26(12-14-34(42)44-8)20(4)29(39-32)16-30(24)38-28/h16-18,38,40H,10-15H2,1-9H3. The Hall–Kier alpha value is -4.46. The summed E-state index contributed by atoms with van der Waals surface area (Å²) in [5, 5.41) is 0. The summed E-state index contributed by atoms with van der Waals surface area (Å²) >= 11 is 0. The van der Waals surface area contributed by atoms with E-state index in [1.807, 2.05) is 6.07 Å². The van der Waals surface area contributed by atoms with Crippen molar-refractivity contribution in [2.24, 2.45) is 0 Å². The monoisotopic (exact) mass is 608 g/mol. The third kappa shape index (κ3) is 5.86. The SMILES string of the molecule is CCc1c(C)c2cc3[nH]c(c(C)c4nc(cc5nc(cc1[nH]2)C(C)=C5CCC(=O)OC)C(CCC(=O)OC)=C4C)c(C)c3CC. The Morgan fingerprint density at radius 1 is 0.644 bits per heavy atom. The first-order valence-electron chi connectivity index (χ1n) is 15.8. The molecule has 2 N–H and O–H groups in total. The number of carbonyl (C=O) groups is 2. The minimum absolute atomic E-state index is 0.249. The molecule has 2 aliphatic heterocycles. The number of aryl methyl sites for hydroxylation is 5. The molecule has 0 amide bonds. The van der Waals surface area contributed by atoms with Crippen LogP contribution in [0, 0.1) is 20.8 Å². The molecule has 8 bridgehead atoms. The van der Waals surface area contributed by atoms with Crippen molar-refractivity contribution in [3.63, 3.8) is 0 Å². The molecule has 0 saturated carbocycles. The zero-order valence-corrected chi connectivity index (χ0v) is 28.0. The Bertz CT molecular complexity index is 1940. The van der Waals surface area contributed by atoms with E-state index in [2.05, 4.69) is 70.6 Å². The highest BCUT2D eigenvalue weighted by Crippen LogP contribution is 2.39. The maximum Gasteiger partial charge on any atom is 0.305 e. The summed E-state index contributed by atoms with van der Waals surface area (Å²) in [4.78, 5) is 42.2. The van der Waals surface area contributed by atoms with E-state index in [1.54, 1.807) is 0 Å². The van der Waals surface area contributed by atoms with Crippen LogP contribution in [0.1, 0.15) is 104 Å². The van der Waals surface area contributed by atoms with Gasteiger partial charge in [-0.3, -0.25) is 9.59 Å². The number of ether oxygens (including phenoxy) is 2. The lowest BCUT2D eigenvalue weighted by Crippen LogP contribution is -2.01. The first-order valence-corrected chi connectivity index (χ1v) is 15.8. The average Bonchev–Trinajstić information content (AvgIpc) is 3.70. The molecular weight excluding hydrogens is 564 g/mol. The van der Waals surface area contributed by atoms with E-state index in [-0.39, 0.29) is 24.8 Å². The molecule has 8 nitrogen and oxygen atoms in total. The number of fused-ring (bicyclic) bond motifs is 8. The number of aromatic amines is 2. The van der Waals surface area contributed by atoms with Crippen LogP contribution in [-0.2, 0) is 31.9 Å². The van der Waals surface area contributed by atoms with Gasteiger partial charge >= 0.3 is 11.9 Å². The summed E-state index contributed by atoms with van der Waals surface area (Å²) in [6, 6.07) is 6.37. The molecule has 0 radical (unpaired) electrons. The lowest BCUT2D eigenvalue weighted by molar-refractivity contribution is -0.141. The van der Waals surface area contributed by atoms with Gasteiger partial charge in [0.05, 0.1) is 37.0 Å². The molecule has 0 fully saturated rings. The largest absolute Gasteiger partial charge is 0.469 e. The molecular formula is C37H44N4O4. The molecule has 45 heavy (non-hydrogen) atoms. The van der Waals surface area contributed by atoms with Crippen LogP contribution in [0.4, 0.5) is 0 Å². The van der Waals surface area contributed by atoms with Crippen LogP contribution in [0.2, 0.25) is 0 Å². The second kappa shape index (κ2) is 12.9. The zero-order chi connectivity index (χ0) is 32.6. The van der Waals surface area contributed by atoms with Gasteiger partial charge in [0, 0.05) is 34.9 Å². The maximum absolute atomic E-state index is 12.2. The van der Waals surface area contributed by atoms with Crippen molar-refractivity contribution in [3.05, 3.63) is 68.8 Å². The second-order valence-electron chi connectivity index (χ2n) is 11.9. The Kier molecular flexibility index (Phi) is 9.14. The van der Waals surface area contributed by atoms with Crippen LogP contribution in [-0.4, -0.2) is 46.1 Å². The molecule has 0 aromatic carbocycles. The number of esters is 2. The van der Waals surface area contributed by atoms with Crippen LogP contribution in [0.3, 0.4) is 0 Å². The van der Waals surface area contributed by atoms with Crippen molar-refractivity contribution >= 4 is 56.3 Å². The number of rotatable bonds is 8. The van der Waals surface area contributed by atoms with E-state index in [0.29, 0.717) is 12.8 Å². The number of nitrogens with one attached hydrogen (secondary N) is 2. The number of methoxy groups -OCH3 is 2. The molecule has 236 valence electrons. The fraction of sp³-hybridized carbons (Fsp3) is 0.405. The molecule has 0 spiro atoms. The fourth-order valence-electron chi connectivity index (χ4n) is 6.81. The fourth-order valence-corrected chi connectivity index (χ4v) is 6.81. The Morgan fingerprint density at radius 3 is 1.80 bits per heavy atom. The van der Waals surface area contributed by atoms with Gasteiger partial charge < -0.3 is 19.4 Å². The minimum atomic E-state index is -0.264. The number of allylic oxidation sites excluding steroid dienone is 4. The van der Waals surface area contributed by atoms with Gasteiger partial charge in [-0.2, -0.15) is 0 Å². The van der Waals surface area contributed by atoms with Crippen LogP contribution in [0.15, 0.2) is 18.2 Å². The summed E-state index contributed by atoms with van der Waals surface area (Å²) in [6.45, 7) is 15.0. The minimum Gasteiger partial charge on any atom is -0.469 e. The highest BCUT2D eigenvalue weighted by Gasteiger charge is 2.24. The average molecular weight is 609 g/mol. The van der Waals surface area contributed by atoms with Crippen LogP contribution in [0.5, 0.6) is 0 Å². The number of hydrogen-bond acceptors (Lipinski definition) is 6. The molecule has 5 heterocycles. The van der Waals surface area contributed by atoms with Crippen molar-refractivity contribution in [1.82, 2.24) is 19.9 Å². The second-order valence-corrected chi connectivity index (χ2v) is 11.9. The highest BCUT2D eigenvalue weighted by atomic mass is 16.5. The van der Waals surface area contributed by atoms with Gasteiger partial charge in [-0.25, -0.2) is 9.97 Å². The Labute approximate surface area is 265 Å². The van der Waals surface area contributed by atoms with E-state index < -0.39 is 0 Å². The third-order valence-corrected chi connectivity index (χ3v) is 9.49. The molecule has 8 heteroatoms. The molecule has 0 atom stereocenters. The maximum atomic E-state index is 12.2. The number of aromatic nitrogens is 4. The summed E-state index contributed by atoms with van der Waals surface area (Å²) in [7, 11) is 2.82. The van der Waals surface area contributed by atoms with Gasteiger partial charge in [-0.15, -0.1) is 0 Å². The predicted molar refractivity (Wildman–Crippen MR) is 181 cm³/mol. The molecule has 0 saturated heterocycles. The van der Waals surface area contributed by atoms with E-state index in [4.69, 9.17) is 19.4 Å². The summed E-state index contributed by atoms with van der Waals surface area (Å²) in [5.41, 5.74) is 17.6. The van der Waals surface area contributed by atoms with Gasteiger partial charge in [0.2, 0.25) is 0 Å². The number of carbonyl (C=O) groups excluding carboxylic acids is 2. The van der Waals surface area contributed by atoms with Gasteiger partial charge in [0.15, 0.2) is 0 Å². The molecule has 0 unspecified atom stereocenters. The zero-order valence-electron chi connectivity index (χ0n) is 28.0. The van der Waals surface area contributed by atoms with E-state index in [1.165, 1.54) is 36.5 Å². The first-order chi connectivity index (χ1) is 21.5. The Morgan fingerprint density at radius 2 is 1.20 bits per heavy atom. The smallest absolute Gasteiger partial charge is 0.305 e. The quantitative estimate of drug-likeness (QED) is 0.250. The molecule has 3 aromatic rings. The third-order valence-electron chi connectivity index (χ3n) is 9.49. The molecule has 2 aliphatic rings. The lowest BCUT2D eigenvalue weighted by atomic mass is 9.97. The summed E-state index contributed by atoms with van der Waals surface area (Å²) in [6.07, 6.45) is 3.26. The van der Waals surface area contributed by atoms with Gasteiger partial charge in [0.25, 0.3) is 0 Å². The van der Waals surface area contributed by atoms with E-state index in [9.17, 15) is 9.59 Å². The highest BCUT2D eigenvalue weighted by molar-refractivity contribution is 5.97. The Balaban J connectivity index is 1.92. The molecule has 0 aliphatic carbocycles. The van der Waals surface area contributed by atoms with E-state index >= 15 is 0 Å². The van der Waals surface area contributed by atoms with Crippen molar-refractivity contribution in [1.29, 1.82) is 0 Å². The summed E-state index contributed by atoms with van der Waals surface area (Å²) in [5.74, 6) is -0.528. The molecule has 5 rings (SSSR count). The number of H-pyrrole nitrogens is 2. The normalized spacial score (nSPS) is 13.1. The van der Waals surface area contributed by atoms with Crippen LogP contribution in [0.25, 0.3) is 44.4 Å². The number of hydrogen-bond donors (Lipinski definition) is 2. The topological polar surface area (TPSA) is 110 Å². The van der Waals surface area contributed by atoms with Crippen LogP contribution >= 0.6 is 0 Å². The predicted octanol–water partition coefficient (Wildman–Crippen LogP) is 8.13. The van der Waals surface area contributed by atoms with Gasteiger partial charge in [0.1, 0.15) is 0 Å². The van der Waals surface area contributed by atoms with Crippen molar-refractivity contribution < 1.29 is 19.1 Å². The first kappa shape index (κ1) is 31.9. The van der Waals surface area contributed by atoms with Gasteiger partial charge in [-0.1, -0.05) is 13.8 Å². The summed E-state index contributed by atoms with van der Waals surface area (Å²) < 4.78 is 9.95. The van der Waals surface area contributed by atoms with Crippen molar-refractivity contribution in [3.8, 4) is 0 Å². The van der Waals surface area contributed by atoms with E-state index in [0.717, 1.165) is 85.5 Å². The molecule has 3 aromatic heterocycles. The van der Waals surface area contributed by atoms with Crippen molar-refractivity contribution in [2.45, 2.75) is 87.0 Å². The number of nitrogens with zero attached hydrogens (tertiary/aromatic N) is 2. The van der Waals surface area contributed by atoms with Crippen molar-refractivity contribution in [2.75, 3.05) is 14.2 Å². The van der Waals surface area contributed by atoms with Gasteiger partial charge in [-0.05, 0) is 129 Å².